The Kier molecular flexibility index (Phi) is 9.82. The molecule has 3 rings (SSSR count). The van der Waals surface area contributed by atoms with Crippen LogP contribution in [0.1, 0.15) is 35.9 Å². The Morgan fingerprint density at radius 1 is 1.18 bits per heavy atom. The second-order valence-electron chi connectivity index (χ2n) is 7.90. The maximum Gasteiger partial charge on any atom is 0.152 e. The highest BCUT2D eigenvalue weighted by Gasteiger charge is 2.14. The standard InChI is InChI=1S/C17H25N5.C9H11NO/c1-5-9-13-12(3)20-17(18)15-16(13)22(14(6-2)21-15)11-8-7-10-19-4;1-10(2)9-5-3-8(7-11)4-6-9/h5,9,19H,1,3,6-8,10-11H2,2,4H3,(H2,18,20);3-7H,1-2H3/b13-9+;. The van der Waals surface area contributed by atoms with Gasteiger partial charge in [0.15, 0.2) is 5.82 Å². The van der Waals surface area contributed by atoms with Crippen molar-refractivity contribution in [2.24, 2.45) is 0 Å². The predicted octanol–water partition coefficient (Wildman–Crippen LogP) is 2.52. The number of aldehydes is 1. The number of aromatic nitrogens is 3. The Hall–Kier alpha value is -3.45. The van der Waals surface area contributed by atoms with E-state index in [0.29, 0.717) is 11.2 Å². The lowest BCUT2D eigenvalue weighted by molar-refractivity contribution is 0.112. The number of aryl methyl sites for hydroxylation is 2. The number of hydrogen-bond donors (Lipinski definition) is 2. The second-order valence-corrected chi connectivity index (χ2v) is 7.90. The SMILES string of the molecule is C=C/C=c1\c(=C)nc(N)c2nc(CC)n(CCCCNC)c12.CN(C)c1ccc(C=O)cc1. The lowest BCUT2D eigenvalue weighted by atomic mass is 10.2. The van der Waals surface area contributed by atoms with E-state index in [2.05, 4.69) is 34.9 Å². The summed E-state index contributed by atoms with van der Waals surface area (Å²) in [4.78, 5) is 21.3. The summed E-state index contributed by atoms with van der Waals surface area (Å²) in [5.74, 6) is 1.49. The normalized spacial score (nSPS) is 11.2. The number of nitrogens with two attached hydrogens (primary N) is 1. The van der Waals surface area contributed by atoms with Crippen LogP contribution in [0, 0.1) is 0 Å². The smallest absolute Gasteiger partial charge is 0.152 e. The Morgan fingerprint density at radius 3 is 2.42 bits per heavy atom. The Morgan fingerprint density at radius 2 is 1.88 bits per heavy atom. The molecule has 33 heavy (non-hydrogen) atoms. The molecular weight excluding hydrogens is 412 g/mol. The molecule has 0 saturated carbocycles. The molecule has 7 nitrogen and oxygen atoms in total. The van der Waals surface area contributed by atoms with Gasteiger partial charge in [0, 0.05) is 43.5 Å². The summed E-state index contributed by atoms with van der Waals surface area (Å²) in [6.45, 7) is 11.8. The van der Waals surface area contributed by atoms with Gasteiger partial charge in [0.2, 0.25) is 0 Å². The number of rotatable bonds is 9. The molecule has 0 atom stereocenters. The van der Waals surface area contributed by atoms with Crippen LogP contribution in [-0.4, -0.2) is 48.5 Å². The molecule has 0 bridgehead atoms. The molecule has 0 aliphatic rings. The van der Waals surface area contributed by atoms with Crippen molar-refractivity contribution in [1.29, 1.82) is 0 Å². The van der Waals surface area contributed by atoms with Crippen LogP contribution in [0.4, 0.5) is 11.5 Å². The van der Waals surface area contributed by atoms with Crippen molar-refractivity contribution in [2.75, 3.05) is 38.3 Å². The van der Waals surface area contributed by atoms with Crippen molar-refractivity contribution in [2.45, 2.75) is 32.7 Å². The average molecular weight is 449 g/mol. The third kappa shape index (κ3) is 6.52. The lowest BCUT2D eigenvalue weighted by Gasteiger charge is -2.11. The van der Waals surface area contributed by atoms with Crippen molar-refractivity contribution in [3.05, 3.63) is 58.9 Å². The topological polar surface area (TPSA) is 89.1 Å². The third-order valence-electron chi connectivity index (χ3n) is 5.32. The summed E-state index contributed by atoms with van der Waals surface area (Å²) in [7, 11) is 5.91. The minimum absolute atomic E-state index is 0.449. The Balaban J connectivity index is 0.000000294. The van der Waals surface area contributed by atoms with E-state index in [4.69, 9.17) is 10.7 Å². The van der Waals surface area contributed by atoms with E-state index in [1.807, 2.05) is 56.4 Å². The van der Waals surface area contributed by atoms with Gasteiger partial charge in [0.1, 0.15) is 17.6 Å². The van der Waals surface area contributed by atoms with E-state index < -0.39 is 0 Å². The molecule has 0 amide bonds. The molecule has 176 valence electrons. The van der Waals surface area contributed by atoms with Gasteiger partial charge >= 0.3 is 0 Å². The van der Waals surface area contributed by atoms with E-state index in [9.17, 15) is 4.79 Å². The number of fused-ring (bicyclic) bond motifs is 1. The number of benzene rings is 1. The monoisotopic (exact) mass is 448 g/mol. The van der Waals surface area contributed by atoms with Crippen LogP contribution >= 0.6 is 0 Å². The van der Waals surface area contributed by atoms with Crippen LogP contribution in [0.25, 0.3) is 23.7 Å². The number of imidazole rings is 1. The highest BCUT2D eigenvalue weighted by molar-refractivity contribution is 5.86. The van der Waals surface area contributed by atoms with Crippen molar-refractivity contribution in [1.82, 2.24) is 19.9 Å². The summed E-state index contributed by atoms with van der Waals surface area (Å²) in [5.41, 5.74) is 9.68. The van der Waals surface area contributed by atoms with Gasteiger partial charge in [-0.25, -0.2) is 9.97 Å². The summed E-state index contributed by atoms with van der Waals surface area (Å²) in [5, 5.41) is 4.81. The first-order valence-electron chi connectivity index (χ1n) is 11.2. The fraction of sp³-hybridized carbons (Fsp3) is 0.346. The highest BCUT2D eigenvalue weighted by Crippen LogP contribution is 2.17. The number of nitrogens with one attached hydrogen (secondary N) is 1. The van der Waals surface area contributed by atoms with Crippen LogP contribution in [0.3, 0.4) is 0 Å². The minimum Gasteiger partial charge on any atom is -0.382 e. The van der Waals surface area contributed by atoms with Crippen molar-refractivity contribution in [3.63, 3.8) is 0 Å². The second kappa shape index (κ2) is 12.6. The zero-order valence-electron chi connectivity index (χ0n) is 20.3. The molecule has 3 N–H and O–H groups in total. The summed E-state index contributed by atoms with van der Waals surface area (Å²) in [6, 6.07) is 7.46. The van der Waals surface area contributed by atoms with E-state index >= 15 is 0 Å². The van der Waals surface area contributed by atoms with Crippen LogP contribution in [0.2, 0.25) is 0 Å². The maximum absolute atomic E-state index is 10.3. The number of pyridine rings is 1. The predicted molar refractivity (Wildman–Crippen MR) is 140 cm³/mol. The Labute approximate surface area is 196 Å². The lowest BCUT2D eigenvalue weighted by Crippen LogP contribution is -2.30. The molecule has 0 fully saturated rings. The van der Waals surface area contributed by atoms with Crippen LogP contribution in [0.5, 0.6) is 0 Å². The first kappa shape index (κ1) is 25.8. The summed E-state index contributed by atoms with van der Waals surface area (Å²) in [6.07, 6.45) is 7.60. The maximum atomic E-state index is 10.3. The van der Waals surface area contributed by atoms with Gasteiger partial charge in [-0.3, -0.25) is 4.79 Å². The quantitative estimate of drug-likeness (QED) is 0.386. The van der Waals surface area contributed by atoms with Gasteiger partial charge < -0.3 is 20.5 Å². The van der Waals surface area contributed by atoms with Gasteiger partial charge in [-0.1, -0.05) is 32.2 Å². The third-order valence-corrected chi connectivity index (χ3v) is 5.32. The number of unbranched alkanes of at least 4 members (excludes halogenated alkanes) is 1. The molecule has 0 aliphatic heterocycles. The first-order valence-corrected chi connectivity index (χ1v) is 11.2. The van der Waals surface area contributed by atoms with Crippen molar-refractivity contribution in [3.8, 4) is 0 Å². The van der Waals surface area contributed by atoms with Gasteiger partial charge in [-0.15, -0.1) is 0 Å². The largest absolute Gasteiger partial charge is 0.382 e. The number of carbonyl (C=O) groups is 1. The van der Waals surface area contributed by atoms with E-state index in [1.165, 1.54) is 0 Å². The van der Waals surface area contributed by atoms with Crippen molar-refractivity contribution >= 4 is 41.5 Å². The molecule has 2 heterocycles. The number of anilines is 2. The highest BCUT2D eigenvalue weighted by atomic mass is 16.1. The van der Waals surface area contributed by atoms with Crippen molar-refractivity contribution < 1.29 is 4.79 Å². The molecule has 1 aromatic carbocycles. The van der Waals surface area contributed by atoms with Gasteiger partial charge in [0.05, 0.1) is 10.9 Å². The molecule has 0 radical (unpaired) electrons. The average Bonchev–Trinajstić information content (AvgIpc) is 3.19. The fourth-order valence-corrected chi connectivity index (χ4v) is 3.57. The number of carbonyl (C=O) groups excluding carboxylic acids is 1. The fourth-order valence-electron chi connectivity index (χ4n) is 3.57. The van der Waals surface area contributed by atoms with Crippen LogP contribution in [-0.2, 0) is 13.0 Å². The summed E-state index contributed by atoms with van der Waals surface area (Å²) >= 11 is 0. The zero-order valence-corrected chi connectivity index (χ0v) is 20.3. The number of nitrogen functional groups attached to an aromatic ring is 1. The number of nitrogens with zero attached hydrogens (tertiary/aromatic N) is 4. The molecule has 0 aliphatic carbocycles. The van der Waals surface area contributed by atoms with Crippen LogP contribution < -0.4 is 26.5 Å². The molecule has 2 aromatic heterocycles. The number of allylic oxidation sites excluding steroid dienone is 1. The van der Waals surface area contributed by atoms with E-state index in [1.54, 1.807) is 6.08 Å². The van der Waals surface area contributed by atoms with E-state index in [-0.39, 0.29) is 0 Å². The number of hydrogen-bond acceptors (Lipinski definition) is 6. The van der Waals surface area contributed by atoms with Crippen LogP contribution in [0.15, 0.2) is 36.9 Å². The molecular formula is C26H36N6O. The molecule has 0 spiro atoms. The molecule has 0 unspecified atom stereocenters. The molecule has 3 aromatic rings. The summed E-state index contributed by atoms with van der Waals surface area (Å²) < 4.78 is 2.26. The Bertz CT molecular complexity index is 1180. The molecule has 7 heteroatoms. The minimum atomic E-state index is 0.449. The first-order chi connectivity index (χ1) is 15.9. The van der Waals surface area contributed by atoms with Gasteiger partial charge in [-0.2, -0.15) is 0 Å². The van der Waals surface area contributed by atoms with Gasteiger partial charge in [0.25, 0.3) is 0 Å². The zero-order chi connectivity index (χ0) is 24.4. The molecule has 0 saturated heterocycles. The van der Waals surface area contributed by atoms with Gasteiger partial charge in [-0.05, 0) is 50.7 Å². The van der Waals surface area contributed by atoms with E-state index in [0.717, 1.165) is 72.0 Å².